The first-order valence-electron chi connectivity index (χ1n) is 10.6. The van der Waals surface area contributed by atoms with Gasteiger partial charge < -0.3 is 15.6 Å². The summed E-state index contributed by atoms with van der Waals surface area (Å²) >= 11 is 0. The Morgan fingerprint density at radius 2 is 1.60 bits per heavy atom. The van der Waals surface area contributed by atoms with Gasteiger partial charge in [-0.3, -0.25) is 9.59 Å². The third-order valence-electron chi connectivity index (χ3n) is 5.75. The molecule has 3 unspecified atom stereocenters. The largest absolute Gasteiger partial charge is 0.480 e. The molecule has 0 aliphatic heterocycles. The van der Waals surface area contributed by atoms with Gasteiger partial charge in [0.25, 0.3) is 0 Å². The number of carboxylic acids is 1. The van der Waals surface area contributed by atoms with Crippen LogP contribution in [-0.4, -0.2) is 22.6 Å². The number of nitrogens with two attached hydrogens (primary N) is 1. The average Bonchev–Trinajstić information content (AvgIpc) is 2.74. The standard InChI is InChI=1S/C25H33NO4/c1-4-16-24(26,23(28)29)17-19(3)25(30-22(27)5-2,21-14-10-7-11-15-21)18-20-12-8-6-9-13-20/h6-15,19H,4-5,16-18,26H2,1-3H3,(H,28,29). The summed E-state index contributed by atoms with van der Waals surface area (Å²) in [5.74, 6) is -1.68. The number of carbonyl (C=O) groups is 2. The van der Waals surface area contributed by atoms with E-state index in [1.807, 2.05) is 74.5 Å². The first-order valence-corrected chi connectivity index (χ1v) is 10.6. The van der Waals surface area contributed by atoms with Crippen LogP contribution in [0.2, 0.25) is 0 Å². The Morgan fingerprint density at radius 3 is 2.10 bits per heavy atom. The summed E-state index contributed by atoms with van der Waals surface area (Å²) in [5.41, 5.74) is 5.78. The number of hydrogen-bond donors (Lipinski definition) is 2. The molecule has 0 spiro atoms. The molecular weight excluding hydrogens is 378 g/mol. The van der Waals surface area contributed by atoms with Crippen LogP contribution in [0, 0.1) is 5.92 Å². The quantitative estimate of drug-likeness (QED) is 0.524. The zero-order valence-corrected chi connectivity index (χ0v) is 18.1. The van der Waals surface area contributed by atoms with E-state index in [9.17, 15) is 14.7 Å². The van der Waals surface area contributed by atoms with Crippen molar-refractivity contribution >= 4 is 11.9 Å². The van der Waals surface area contributed by atoms with Crippen molar-refractivity contribution in [1.29, 1.82) is 0 Å². The number of aliphatic carboxylic acids is 1. The lowest BCUT2D eigenvalue weighted by atomic mass is 9.71. The highest BCUT2D eigenvalue weighted by Crippen LogP contribution is 2.42. The van der Waals surface area contributed by atoms with E-state index < -0.39 is 17.1 Å². The van der Waals surface area contributed by atoms with Crippen LogP contribution in [0.3, 0.4) is 0 Å². The van der Waals surface area contributed by atoms with Crippen LogP contribution in [0.4, 0.5) is 0 Å². The van der Waals surface area contributed by atoms with Gasteiger partial charge in [0.15, 0.2) is 0 Å². The molecule has 0 bridgehead atoms. The number of esters is 1. The van der Waals surface area contributed by atoms with Crippen LogP contribution < -0.4 is 5.73 Å². The molecule has 0 fully saturated rings. The summed E-state index contributed by atoms with van der Waals surface area (Å²) in [7, 11) is 0. The Labute approximate surface area is 179 Å². The molecule has 2 rings (SSSR count). The van der Waals surface area contributed by atoms with Crippen molar-refractivity contribution in [3.8, 4) is 0 Å². The molecule has 0 aromatic heterocycles. The summed E-state index contributed by atoms with van der Waals surface area (Å²) in [6.07, 6.45) is 1.87. The van der Waals surface area contributed by atoms with E-state index >= 15 is 0 Å². The van der Waals surface area contributed by atoms with Crippen molar-refractivity contribution in [3.05, 3.63) is 71.8 Å². The highest BCUT2D eigenvalue weighted by Gasteiger charge is 2.46. The maximum absolute atomic E-state index is 12.6. The van der Waals surface area contributed by atoms with Gasteiger partial charge in [0.1, 0.15) is 11.1 Å². The second kappa shape index (κ2) is 10.4. The fourth-order valence-corrected chi connectivity index (χ4v) is 4.10. The minimum Gasteiger partial charge on any atom is -0.480 e. The van der Waals surface area contributed by atoms with Gasteiger partial charge in [-0.2, -0.15) is 0 Å². The summed E-state index contributed by atoms with van der Waals surface area (Å²) in [4.78, 5) is 24.6. The molecule has 0 saturated heterocycles. The van der Waals surface area contributed by atoms with E-state index in [1.54, 1.807) is 6.92 Å². The molecule has 0 radical (unpaired) electrons. The first kappa shape index (κ1) is 23.6. The lowest BCUT2D eigenvalue weighted by molar-refractivity contribution is -0.169. The van der Waals surface area contributed by atoms with E-state index in [4.69, 9.17) is 10.5 Å². The molecule has 2 aromatic carbocycles. The lowest BCUT2D eigenvalue weighted by Gasteiger charge is -2.42. The molecule has 3 atom stereocenters. The summed E-state index contributed by atoms with van der Waals surface area (Å²) in [6.45, 7) is 5.60. The number of rotatable bonds is 11. The Hall–Kier alpha value is -2.66. The summed E-state index contributed by atoms with van der Waals surface area (Å²) in [6, 6.07) is 19.4. The predicted molar refractivity (Wildman–Crippen MR) is 118 cm³/mol. The van der Waals surface area contributed by atoms with Gasteiger partial charge >= 0.3 is 11.9 Å². The van der Waals surface area contributed by atoms with Crippen LogP contribution in [0.5, 0.6) is 0 Å². The molecule has 0 aliphatic carbocycles. The van der Waals surface area contributed by atoms with E-state index in [-0.39, 0.29) is 24.7 Å². The van der Waals surface area contributed by atoms with Crippen molar-refractivity contribution < 1.29 is 19.4 Å². The number of carboxylic acid groups (broad SMARTS) is 1. The fraction of sp³-hybridized carbons (Fsp3) is 0.440. The van der Waals surface area contributed by atoms with Crippen LogP contribution in [0.1, 0.15) is 57.6 Å². The molecule has 30 heavy (non-hydrogen) atoms. The Bertz CT molecular complexity index is 824. The van der Waals surface area contributed by atoms with Crippen molar-refractivity contribution in [2.24, 2.45) is 11.7 Å². The van der Waals surface area contributed by atoms with Crippen molar-refractivity contribution in [1.82, 2.24) is 0 Å². The molecule has 0 saturated carbocycles. The monoisotopic (exact) mass is 411 g/mol. The maximum Gasteiger partial charge on any atom is 0.323 e. The van der Waals surface area contributed by atoms with E-state index in [0.717, 1.165) is 11.1 Å². The molecule has 162 valence electrons. The second-order valence-corrected chi connectivity index (χ2v) is 8.06. The van der Waals surface area contributed by atoms with Crippen LogP contribution in [-0.2, 0) is 26.3 Å². The second-order valence-electron chi connectivity index (χ2n) is 8.06. The summed E-state index contributed by atoms with van der Waals surface area (Å²) < 4.78 is 6.16. The third-order valence-corrected chi connectivity index (χ3v) is 5.75. The average molecular weight is 412 g/mol. The molecule has 0 aliphatic rings. The topological polar surface area (TPSA) is 89.6 Å². The lowest BCUT2D eigenvalue weighted by Crippen LogP contribution is -2.52. The molecule has 0 amide bonds. The van der Waals surface area contributed by atoms with Gasteiger partial charge in [0, 0.05) is 18.8 Å². The maximum atomic E-state index is 12.6. The molecule has 5 nitrogen and oxygen atoms in total. The van der Waals surface area contributed by atoms with Gasteiger partial charge in [-0.15, -0.1) is 0 Å². The van der Waals surface area contributed by atoms with Crippen LogP contribution in [0.25, 0.3) is 0 Å². The number of benzene rings is 2. The van der Waals surface area contributed by atoms with Gasteiger partial charge in [0.05, 0.1) is 0 Å². The number of ether oxygens (including phenoxy) is 1. The zero-order valence-electron chi connectivity index (χ0n) is 18.1. The highest BCUT2D eigenvalue weighted by atomic mass is 16.6. The Morgan fingerprint density at radius 1 is 1.03 bits per heavy atom. The minimum absolute atomic E-state index is 0.189. The van der Waals surface area contributed by atoms with E-state index in [1.165, 1.54) is 0 Å². The van der Waals surface area contributed by atoms with Crippen molar-refractivity contribution in [3.63, 3.8) is 0 Å². The fourth-order valence-electron chi connectivity index (χ4n) is 4.10. The zero-order chi connectivity index (χ0) is 22.2. The van der Waals surface area contributed by atoms with Gasteiger partial charge in [-0.05, 0) is 24.0 Å². The Balaban J connectivity index is 2.59. The van der Waals surface area contributed by atoms with Gasteiger partial charge in [-0.1, -0.05) is 87.9 Å². The van der Waals surface area contributed by atoms with E-state index in [2.05, 4.69) is 0 Å². The molecule has 5 heteroatoms. The molecule has 0 heterocycles. The molecule has 2 aromatic rings. The van der Waals surface area contributed by atoms with Crippen molar-refractivity contribution in [2.75, 3.05) is 0 Å². The molecular formula is C25H33NO4. The minimum atomic E-state index is -1.39. The van der Waals surface area contributed by atoms with Gasteiger partial charge in [0.2, 0.25) is 0 Å². The van der Waals surface area contributed by atoms with Gasteiger partial charge in [-0.25, -0.2) is 0 Å². The smallest absolute Gasteiger partial charge is 0.323 e. The SMILES string of the molecule is CCCC(N)(CC(C)C(Cc1ccccc1)(OC(=O)CC)c1ccccc1)C(=O)O. The van der Waals surface area contributed by atoms with Crippen LogP contribution >= 0.6 is 0 Å². The normalized spacial score (nSPS) is 16.1. The first-order chi connectivity index (χ1) is 14.3. The highest BCUT2D eigenvalue weighted by molar-refractivity contribution is 5.78. The number of carbonyl (C=O) groups excluding carboxylic acids is 1. The summed E-state index contributed by atoms with van der Waals surface area (Å²) in [5, 5.41) is 9.83. The van der Waals surface area contributed by atoms with Crippen molar-refractivity contribution in [2.45, 2.75) is 64.0 Å². The predicted octanol–water partition coefficient (Wildman–Crippen LogP) is 4.69. The number of hydrogen-bond acceptors (Lipinski definition) is 4. The molecule has 3 N–H and O–H groups in total. The Kier molecular flexibility index (Phi) is 8.18. The van der Waals surface area contributed by atoms with E-state index in [0.29, 0.717) is 19.3 Å². The van der Waals surface area contributed by atoms with Crippen LogP contribution in [0.15, 0.2) is 60.7 Å². The third kappa shape index (κ3) is 5.48.